The van der Waals surface area contributed by atoms with Crippen molar-refractivity contribution in [2.75, 3.05) is 30.7 Å². The Labute approximate surface area is 202 Å². The van der Waals surface area contributed by atoms with Crippen LogP contribution in [0.3, 0.4) is 0 Å². The number of thioether (sulfide) groups is 1. The Hall–Kier alpha value is -2.67. The number of nitrogens with two attached hydrogens (primary N) is 1. The van der Waals surface area contributed by atoms with Crippen molar-refractivity contribution in [3.8, 4) is 0 Å². The predicted octanol–water partition coefficient (Wildman–Crippen LogP) is 3.00. The number of likely N-dealkylation sites (tertiary alicyclic amines) is 1. The van der Waals surface area contributed by atoms with E-state index in [1.165, 1.54) is 12.1 Å². The summed E-state index contributed by atoms with van der Waals surface area (Å²) >= 11 is 1.62. The van der Waals surface area contributed by atoms with Crippen LogP contribution in [0.2, 0.25) is 0 Å². The number of carbonyl (C=O) groups is 1. The third-order valence-electron chi connectivity index (χ3n) is 5.78. The van der Waals surface area contributed by atoms with E-state index in [1.807, 2.05) is 30.3 Å². The molecule has 0 radical (unpaired) electrons. The second kappa shape index (κ2) is 11.6. The number of nitro groups is 1. The van der Waals surface area contributed by atoms with Gasteiger partial charge in [-0.05, 0) is 56.6 Å². The van der Waals surface area contributed by atoms with Crippen molar-refractivity contribution >= 4 is 39.1 Å². The van der Waals surface area contributed by atoms with E-state index in [0.29, 0.717) is 44.6 Å². The molecular weight excluding hydrogens is 480 g/mol. The zero-order valence-corrected chi connectivity index (χ0v) is 20.1. The Morgan fingerprint density at radius 2 is 1.91 bits per heavy atom. The lowest BCUT2D eigenvalue weighted by Crippen LogP contribution is -2.39. The molecule has 0 saturated carbocycles. The summed E-state index contributed by atoms with van der Waals surface area (Å²) in [4.78, 5) is 25.1. The first-order valence-corrected chi connectivity index (χ1v) is 13.4. The average Bonchev–Trinajstić information content (AvgIpc) is 2.81. The fourth-order valence-electron chi connectivity index (χ4n) is 3.83. The molecule has 1 atom stereocenters. The van der Waals surface area contributed by atoms with Crippen LogP contribution in [-0.2, 0) is 14.8 Å². The van der Waals surface area contributed by atoms with Crippen LogP contribution in [0.25, 0.3) is 0 Å². The largest absolute Gasteiger partial charge is 0.481 e. The summed E-state index contributed by atoms with van der Waals surface area (Å²) in [6.07, 6.45) is 1.88. The second-order valence-corrected chi connectivity index (χ2v) is 10.8. The van der Waals surface area contributed by atoms with Crippen LogP contribution in [0.5, 0.6) is 0 Å². The summed E-state index contributed by atoms with van der Waals surface area (Å²) in [6, 6.07) is 13.2. The number of aliphatic carboxylic acids is 1. The summed E-state index contributed by atoms with van der Waals surface area (Å²) in [5, 5.41) is 29.2. The van der Waals surface area contributed by atoms with Crippen LogP contribution in [0, 0.1) is 16.0 Å². The number of hydrogen-bond acceptors (Lipinski definition) is 8. The molecule has 1 fully saturated rings. The van der Waals surface area contributed by atoms with Gasteiger partial charge in [-0.3, -0.25) is 14.9 Å². The van der Waals surface area contributed by atoms with Gasteiger partial charge < -0.3 is 15.3 Å². The molecule has 0 aromatic heterocycles. The van der Waals surface area contributed by atoms with E-state index in [9.17, 15) is 28.4 Å². The number of benzene rings is 2. The minimum absolute atomic E-state index is 0.151. The summed E-state index contributed by atoms with van der Waals surface area (Å²) in [7, 11) is -4.07. The van der Waals surface area contributed by atoms with Gasteiger partial charge in [0.2, 0.25) is 10.0 Å². The first kappa shape index (κ1) is 25.9. The standard InChI is InChI=1S/C22H28N4O6S2/c23-34(31,32)19-6-7-20(21(14-19)26(29)30)24-17(15-33-18-4-2-1-3-5-18)10-13-25-11-8-16(9-12-25)22(27)28/h1-7,14,16-17,24H,8-13,15H2,(H,27,28)(H2,23,31,32)/t17-/m1/s1. The first-order chi connectivity index (χ1) is 16.1. The highest BCUT2D eigenvalue weighted by Crippen LogP contribution is 2.30. The third kappa shape index (κ3) is 7.42. The molecule has 0 aliphatic carbocycles. The Morgan fingerprint density at radius 3 is 2.50 bits per heavy atom. The van der Waals surface area contributed by atoms with Crippen LogP contribution in [0.1, 0.15) is 19.3 Å². The number of carboxylic acids is 1. The number of nitro benzene ring substituents is 1. The quantitative estimate of drug-likeness (QED) is 0.236. The number of hydrogen-bond donors (Lipinski definition) is 3. The van der Waals surface area contributed by atoms with Crippen LogP contribution < -0.4 is 10.5 Å². The van der Waals surface area contributed by atoms with E-state index >= 15 is 0 Å². The van der Waals surface area contributed by atoms with Crippen molar-refractivity contribution in [1.82, 2.24) is 4.90 Å². The van der Waals surface area contributed by atoms with Crippen LogP contribution in [0.4, 0.5) is 11.4 Å². The Bertz CT molecular complexity index is 1110. The van der Waals surface area contributed by atoms with E-state index in [1.54, 1.807) is 11.8 Å². The van der Waals surface area contributed by atoms with E-state index in [4.69, 9.17) is 5.14 Å². The molecule has 1 saturated heterocycles. The van der Waals surface area contributed by atoms with E-state index in [0.717, 1.165) is 11.0 Å². The molecule has 1 aliphatic rings. The summed E-state index contributed by atoms with van der Waals surface area (Å²) < 4.78 is 23.3. The number of piperidine rings is 1. The molecule has 1 heterocycles. The first-order valence-electron chi connectivity index (χ1n) is 10.8. The maximum Gasteiger partial charge on any atom is 0.306 e. The molecule has 10 nitrogen and oxygen atoms in total. The van der Waals surface area contributed by atoms with Crippen molar-refractivity contribution in [2.24, 2.45) is 11.1 Å². The minimum Gasteiger partial charge on any atom is -0.481 e. The Balaban J connectivity index is 1.73. The number of rotatable bonds is 11. The van der Waals surface area contributed by atoms with Crippen LogP contribution in [-0.4, -0.2) is 60.7 Å². The van der Waals surface area contributed by atoms with Crippen molar-refractivity contribution in [1.29, 1.82) is 0 Å². The monoisotopic (exact) mass is 508 g/mol. The van der Waals surface area contributed by atoms with Gasteiger partial charge in [0, 0.05) is 29.3 Å². The molecule has 0 amide bonds. The lowest BCUT2D eigenvalue weighted by Gasteiger charge is -2.31. The van der Waals surface area contributed by atoms with Gasteiger partial charge in [0.1, 0.15) is 5.69 Å². The summed E-state index contributed by atoms with van der Waals surface area (Å²) in [6.45, 7) is 2.10. The van der Waals surface area contributed by atoms with Crippen molar-refractivity contribution in [2.45, 2.75) is 35.1 Å². The van der Waals surface area contributed by atoms with Gasteiger partial charge >= 0.3 is 5.97 Å². The predicted molar refractivity (Wildman–Crippen MR) is 130 cm³/mol. The van der Waals surface area contributed by atoms with E-state index < -0.39 is 20.9 Å². The zero-order chi connectivity index (χ0) is 24.7. The molecular formula is C22H28N4O6S2. The molecule has 0 bridgehead atoms. The zero-order valence-electron chi connectivity index (χ0n) is 18.5. The number of anilines is 1. The van der Waals surface area contributed by atoms with Gasteiger partial charge in [-0.15, -0.1) is 11.8 Å². The van der Waals surface area contributed by atoms with Gasteiger partial charge in [-0.2, -0.15) is 0 Å². The number of primary sulfonamides is 1. The van der Waals surface area contributed by atoms with Gasteiger partial charge in [0.15, 0.2) is 0 Å². The molecule has 2 aromatic carbocycles. The SMILES string of the molecule is NS(=O)(=O)c1ccc(N[C@H](CCN2CCC(C(=O)O)CC2)CSc2ccccc2)c([N+](=O)[O-])c1. The Morgan fingerprint density at radius 1 is 1.24 bits per heavy atom. The smallest absolute Gasteiger partial charge is 0.306 e. The molecule has 4 N–H and O–H groups in total. The highest BCUT2D eigenvalue weighted by Gasteiger charge is 2.26. The highest BCUT2D eigenvalue weighted by molar-refractivity contribution is 7.99. The lowest BCUT2D eigenvalue weighted by atomic mass is 9.97. The van der Waals surface area contributed by atoms with Crippen molar-refractivity contribution in [3.05, 3.63) is 58.6 Å². The third-order valence-corrected chi connectivity index (χ3v) is 7.86. The summed E-state index contributed by atoms with van der Waals surface area (Å²) in [5.41, 5.74) is -0.135. The Kier molecular flexibility index (Phi) is 8.89. The molecule has 34 heavy (non-hydrogen) atoms. The molecule has 0 unspecified atom stereocenters. The summed E-state index contributed by atoms with van der Waals surface area (Å²) in [5.74, 6) is -0.434. The number of nitrogens with zero attached hydrogens (tertiary/aromatic N) is 2. The fourth-order valence-corrected chi connectivity index (χ4v) is 5.36. The van der Waals surface area contributed by atoms with Crippen LogP contribution in [0.15, 0.2) is 58.3 Å². The average molecular weight is 509 g/mol. The van der Waals surface area contributed by atoms with Gasteiger partial charge in [0.25, 0.3) is 5.69 Å². The minimum atomic E-state index is -4.07. The lowest BCUT2D eigenvalue weighted by molar-refractivity contribution is -0.384. The van der Waals surface area contributed by atoms with Gasteiger partial charge in [-0.25, -0.2) is 13.6 Å². The number of carboxylic acid groups (broad SMARTS) is 1. The van der Waals surface area contributed by atoms with Crippen molar-refractivity contribution in [3.63, 3.8) is 0 Å². The van der Waals surface area contributed by atoms with E-state index in [2.05, 4.69) is 10.2 Å². The van der Waals surface area contributed by atoms with Crippen molar-refractivity contribution < 1.29 is 23.2 Å². The second-order valence-electron chi connectivity index (χ2n) is 8.19. The molecule has 0 spiro atoms. The molecule has 184 valence electrons. The topological polar surface area (TPSA) is 156 Å². The van der Waals surface area contributed by atoms with Crippen LogP contribution >= 0.6 is 11.8 Å². The molecule has 2 aromatic rings. The number of sulfonamides is 1. The maximum atomic E-state index is 11.6. The molecule has 1 aliphatic heterocycles. The highest BCUT2D eigenvalue weighted by atomic mass is 32.2. The van der Waals surface area contributed by atoms with Gasteiger partial charge in [-0.1, -0.05) is 18.2 Å². The van der Waals surface area contributed by atoms with E-state index in [-0.39, 0.29) is 28.2 Å². The molecule has 12 heteroatoms. The normalized spacial score (nSPS) is 16.1. The van der Waals surface area contributed by atoms with Gasteiger partial charge in [0.05, 0.1) is 15.7 Å². The number of nitrogens with one attached hydrogen (secondary N) is 1. The maximum absolute atomic E-state index is 11.6. The molecule has 3 rings (SSSR count). The fraction of sp³-hybridized carbons (Fsp3) is 0.409.